The Morgan fingerprint density at radius 3 is 2.54 bits per heavy atom. The first-order chi connectivity index (χ1) is 12.1. The van der Waals surface area contributed by atoms with Crippen LogP contribution in [0, 0.1) is 18.2 Å². The number of aryl methyl sites for hydroxylation is 1. The number of benzene rings is 1. The van der Waals surface area contributed by atoms with Gasteiger partial charge >= 0.3 is 5.69 Å². The van der Waals surface area contributed by atoms with E-state index in [0.29, 0.717) is 11.1 Å². The third-order valence-corrected chi connectivity index (χ3v) is 4.40. The summed E-state index contributed by atoms with van der Waals surface area (Å²) in [5, 5.41) is 14.1. The van der Waals surface area contributed by atoms with Crippen LogP contribution >= 0.6 is 0 Å². The van der Waals surface area contributed by atoms with Crippen LogP contribution in [0.5, 0.6) is 0 Å². The number of rotatable bonds is 3. The number of nitrogens with one attached hydrogen (secondary N) is 2. The molecule has 26 heavy (non-hydrogen) atoms. The maximum Gasteiger partial charge on any atom is 0.327 e. The third kappa shape index (κ3) is 2.96. The second-order valence-electron chi connectivity index (χ2n) is 7.46. The molecule has 0 amide bonds. The van der Waals surface area contributed by atoms with Crippen LogP contribution in [-0.2, 0) is 6.61 Å². The quantitative estimate of drug-likeness (QED) is 0.664. The summed E-state index contributed by atoms with van der Waals surface area (Å²) in [5.74, 6) is -0.345. The molecule has 0 spiro atoms. The summed E-state index contributed by atoms with van der Waals surface area (Å²) in [6.45, 7) is 7.07. The molecule has 0 aliphatic heterocycles. The summed E-state index contributed by atoms with van der Waals surface area (Å²) in [6.07, 6.45) is 0. The number of fused-ring (bicyclic) bond motifs is 1. The molecule has 2 heterocycles. The topological polar surface area (TPSA) is 104 Å². The lowest BCUT2D eigenvalue weighted by Crippen LogP contribution is -2.29. The summed E-state index contributed by atoms with van der Waals surface area (Å²) in [4.78, 5) is 28.7. The highest BCUT2D eigenvalue weighted by atomic mass is 19.1. The van der Waals surface area contributed by atoms with E-state index in [9.17, 15) is 19.1 Å². The number of aliphatic hydroxyl groups is 1. The minimum absolute atomic E-state index is 0.119. The highest BCUT2D eigenvalue weighted by Gasteiger charge is 2.32. The number of aromatic amines is 2. The predicted molar refractivity (Wildman–Crippen MR) is 95.6 cm³/mol. The first-order valence-electron chi connectivity index (χ1n) is 8.24. The number of hydrogen-bond donors (Lipinski definition) is 3. The minimum atomic E-state index is -0.670. The van der Waals surface area contributed by atoms with Crippen LogP contribution in [0.4, 0.5) is 4.39 Å². The van der Waals surface area contributed by atoms with Crippen LogP contribution in [0.25, 0.3) is 11.0 Å². The van der Waals surface area contributed by atoms with E-state index in [0.717, 1.165) is 0 Å². The number of aliphatic hydroxyl groups excluding tert-OH is 1. The number of H-pyrrole nitrogens is 2. The second kappa shape index (κ2) is 6.21. The van der Waals surface area contributed by atoms with Gasteiger partial charge in [-0.05, 0) is 29.5 Å². The maximum absolute atomic E-state index is 14.2. The lowest BCUT2D eigenvalue weighted by atomic mass is 9.82. The van der Waals surface area contributed by atoms with E-state index in [2.05, 4.69) is 15.1 Å². The number of nitrogens with zero attached hydrogens (tertiary/aromatic N) is 2. The van der Waals surface area contributed by atoms with Gasteiger partial charge in [0.2, 0.25) is 0 Å². The molecule has 0 bridgehead atoms. The third-order valence-electron chi connectivity index (χ3n) is 4.40. The molecule has 0 aliphatic rings. The molecule has 3 rings (SSSR count). The van der Waals surface area contributed by atoms with Crippen LogP contribution in [-0.4, -0.2) is 24.9 Å². The Morgan fingerprint density at radius 1 is 1.27 bits per heavy atom. The fourth-order valence-corrected chi connectivity index (χ4v) is 3.23. The van der Waals surface area contributed by atoms with E-state index in [1.807, 2.05) is 20.8 Å². The normalized spacial score (nSPS) is 13.3. The largest absolute Gasteiger partial charge is 0.390 e. The van der Waals surface area contributed by atoms with Crippen molar-refractivity contribution >= 4 is 11.0 Å². The van der Waals surface area contributed by atoms with Gasteiger partial charge in [-0.15, -0.1) is 0 Å². The fraction of sp³-hybridized carbons (Fsp3) is 0.389. The van der Waals surface area contributed by atoms with Crippen LogP contribution < -0.4 is 11.2 Å². The molecule has 0 fully saturated rings. The average molecular weight is 360 g/mol. The zero-order chi connectivity index (χ0) is 19.2. The average Bonchev–Trinajstić information content (AvgIpc) is 2.88. The SMILES string of the molecule is Cc1ccc([C@@H](n2nc(CO)c3c(=O)[nH]c(=O)[nH]c32)C(C)(C)C)cc1F. The molecule has 0 unspecified atom stereocenters. The molecular formula is C18H21FN4O3. The van der Waals surface area contributed by atoms with Crippen molar-refractivity contribution in [1.29, 1.82) is 0 Å². The molecule has 1 aromatic carbocycles. The van der Waals surface area contributed by atoms with Gasteiger partial charge in [-0.2, -0.15) is 5.10 Å². The van der Waals surface area contributed by atoms with E-state index in [1.165, 1.54) is 10.7 Å². The molecule has 138 valence electrons. The van der Waals surface area contributed by atoms with E-state index >= 15 is 0 Å². The molecule has 8 heteroatoms. The van der Waals surface area contributed by atoms with Gasteiger partial charge in [0.25, 0.3) is 5.56 Å². The van der Waals surface area contributed by atoms with Crippen LogP contribution in [0.2, 0.25) is 0 Å². The van der Waals surface area contributed by atoms with Gasteiger partial charge in [0.15, 0.2) is 0 Å². The molecular weight excluding hydrogens is 339 g/mol. The molecule has 3 N–H and O–H groups in total. The lowest BCUT2D eigenvalue weighted by molar-refractivity contribution is 0.255. The van der Waals surface area contributed by atoms with E-state index in [-0.39, 0.29) is 22.5 Å². The predicted octanol–water partition coefficient (Wildman–Crippen LogP) is 1.99. The van der Waals surface area contributed by atoms with Crippen molar-refractivity contribution in [1.82, 2.24) is 19.7 Å². The zero-order valence-corrected chi connectivity index (χ0v) is 15.1. The van der Waals surface area contributed by atoms with E-state index in [1.54, 1.807) is 19.1 Å². The fourth-order valence-electron chi connectivity index (χ4n) is 3.23. The molecule has 0 aliphatic carbocycles. The molecule has 0 saturated carbocycles. The highest BCUT2D eigenvalue weighted by Crippen LogP contribution is 2.38. The van der Waals surface area contributed by atoms with Crippen molar-refractivity contribution in [3.63, 3.8) is 0 Å². The summed E-state index contributed by atoms with van der Waals surface area (Å²) in [5.41, 5.74) is -0.198. The molecule has 3 aromatic rings. The molecule has 7 nitrogen and oxygen atoms in total. The van der Waals surface area contributed by atoms with Gasteiger partial charge in [0.05, 0.1) is 12.6 Å². The van der Waals surface area contributed by atoms with Crippen molar-refractivity contribution in [2.45, 2.75) is 40.3 Å². The van der Waals surface area contributed by atoms with Crippen LogP contribution in [0.15, 0.2) is 27.8 Å². The maximum atomic E-state index is 14.2. The van der Waals surface area contributed by atoms with Crippen molar-refractivity contribution in [2.24, 2.45) is 5.41 Å². The molecule has 0 saturated heterocycles. The van der Waals surface area contributed by atoms with Gasteiger partial charge in [0.1, 0.15) is 22.5 Å². The Balaban J connectivity index is 2.37. The van der Waals surface area contributed by atoms with Crippen LogP contribution in [0.3, 0.4) is 0 Å². The van der Waals surface area contributed by atoms with Gasteiger partial charge < -0.3 is 5.11 Å². The monoisotopic (exact) mass is 360 g/mol. The van der Waals surface area contributed by atoms with E-state index < -0.39 is 29.3 Å². The van der Waals surface area contributed by atoms with Gasteiger partial charge in [-0.1, -0.05) is 32.9 Å². The Hall–Kier alpha value is -2.74. The number of halogens is 1. The minimum Gasteiger partial charge on any atom is -0.390 e. The Morgan fingerprint density at radius 2 is 1.96 bits per heavy atom. The summed E-state index contributed by atoms with van der Waals surface area (Å²) < 4.78 is 15.7. The second-order valence-corrected chi connectivity index (χ2v) is 7.46. The highest BCUT2D eigenvalue weighted by molar-refractivity contribution is 5.77. The van der Waals surface area contributed by atoms with Gasteiger partial charge in [0, 0.05) is 0 Å². The van der Waals surface area contributed by atoms with Crippen molar-refractivity contribution in [2.75, 3.05) is 0 Å². The zero-order valence-electron chi connectivity index (χ0n) is 15.1. The molecule has 1 atom stereocenters. The van der Waals surface area contributed by atoms with Crippen molar-refractivity contribution in [3.8, 4) is 0 Å². The smallest absolute Gasteiger partial charge is 0.327 e. The first kappa shape index (κ1) is 18.1. The Kier molecular flexibility index (Phi) is 4.31. The summed E-state index contributed by atoms with van der Waals surface area (Å²) in [6, 6.07) is 4.43. The van der Waals surface area contributed by atoms with Crippen molar-refractivity contribution in [3.05, 3.63) is 61.7 Å². The Labute approximate surface area is 148 Å². The van der Waals surface area contributed by atoms with E-state index in [4.69, 9.17) is 0 Å². The first-order valence-corrected chi connectivity index (χ1v) is 8.24. The standard InChI is InChI=1S/C18H21FN4O3/c1-9-5-6-10(7-11(9)19)14(18(2,3)4)23-15-13(12(8-24)22-23)16(25)21-17(26)20-15/h5-7,14,24H,8H2,1-4H3,(H2,20,21,25,26)/t14-/m1/s1. The lowest BCUT2D eigenvalue weighted by Gasteiger charge is -2.32. The van der Waals surface area contributed by atoms with Crippen LogP contribution in [0.1, 0.15) is 43.6 Å². The summed E-state index contributed by atoms with van der Waals surface area (Å²) >= 11 is 0. The summed E-state index contributed by atoms with van der Waals surface area (Å²) in [7, 11) is 0. The number of aromatic nitrogens is 4. The van der Waals surface area contributed by atoms with Crippen molar-refractivity contribution < 1.29 is 9.50 Å². The molecule has 2 aromatic heterocycles. The number of hydrogen-bond acceptors (Lipinski definition) is 4. The van der Waals surface area contributed by atoms with Gasteiger partial charge in [-0.25, -0.2) is 13.9 Å². The Bertz CT molecular complexity index is 1090. The molecule has 0 radical (unpaired) electrons. The van der Waals surface area contributed by atoms with Gasteiger partial charge in [-0.3, -0.25) is 14.8 Å².